The molecule has 1 aromatic carbocycles. The van der Waals surface area contributed by atoms with Crippen LogP contribution in [0.15, 0.2) is 24.3 Å². The highest BCUT2D eigenvalue weighted by atomic mass is 35.5. The van der Waals surface area contributed by atoms with E-state index in [1.165, 1.54) is 5.56 Å². The number of halogens is 1. The molecule has 1 saturated heterocycles. The Bertz CT molecular complexity index is 498. The van der Waals surface area contributed by atoms with Crippen molar-refractivity contribution < 1.29 is 4.79 Å². The zero-order chi connectivity index (χ0) is 16.1. The SMILES string of the molecule is CC(C)NC(=O)[C@H](C)N1CCN(Cc2cccc(Cl)c2)CC1. The lowest BCUT2D eigenvalue weighted by atomic mass is 10.1. The normalized spacial score (nSPS) is 18.4. The molecule has 1 N–H and O–H groups in total. The van der Waals surface area contributed by atoms with Crippen molar-refractivity contribution in [2.45, 2.75) is 39.4 Å². The van der Waals surface area contributed by atoms with E-state index in [2.05, 4.69) is 21.2 Å². The second-order valence-electron chi connectivity index (χ2n) is 6.28. The molecule has 0 aliphatic carbocycles. The van der Waals surface area contributed by atoms with Crippen LogP contribution in [-0.2, 0) is 11.3 Å². The summed E-state index contributed by atoms with van der Waals surface area (Å²) in [5.41, 5.74) is 1.24. The van der Waals surface area contributed by atoms with Crippen molar-refractivity contribution in [2.24, 2.45) is 0 Å². The van der Waals surface area contributed by atoms with Gasteiger partial charge in [0.05, 0.1) is 6.04 Å². The average Bonchev–Trinajstić information content (AvgIpc) is 2.46. The van der Waals surface area contributed by atoms with Gasteiger partial charge in [0.25, 0.3) is 0 Å². The summed E-state index contributed by atoms with van der Waals surface area (Å²) in [6, 6.07) is 8.16. The molecule has 1 fully saturated rings. The number of carbonyl (C=O) groups is 1. The number of hydrogen-bond donors (Lipinski definition) is 1. The lowest BCUT2D eigenvalue weighted by Crippen LogP contribution is -2.54. The smallest absolute Gasteiger partial charge is 0.237 e. The lowest BCUT2D eigenvalue weighted by molar-refractivity contribution is -0.127. The summed E-state index contributed by atoms with van der Waals surface area (Å²) in [4.78, 5) is 16.7. The highest BCUT2D eigenvalue weighted by molar-refractivity contribution is 6.30. The van der Waals surface area contributed by atoms with Crippen LogP contribution in [0, 0.1) is 0 Å². The molecule has 1 aliphatic rings. The Balaban J connectivity index is 1.81. The monoisotopic (exact) mass is 323 g/mol. The fourth-order valence-corrected chi connectivity index (χ4v) is 2.99. The van der Waals surface area contributed by atoms with Gasteiger partial charge in [0.1, 0.15) is 0 Å². The van der Waals surface area contributed by atoms with E-state index in [0.717, 1.165) is 37.7 Å². The number of rotatable bonds is 5. The molecule has 1 amide bonds. The summed E-state index contributed by atoms with van der Waals surface area (Å²) in [6.07, 6.45) is 0. The molecule has 1 atom stereocenters. The van der Waals surface area contributed by atoms with Gasteiger partial charge in [-0.25, -0.2) is 0 Å². The molecular formula is C17H26ClN3O. The molecule has 1 aromatic rings. The van der Waals surface area contributed by atoms with E-state index < -0.39 is 0 Å². The predicted molar refractivity (Wildman–Crippen MR) is 91.0 cm³/mol. The summed E-state index contributed by atoms with van der Waals surface area (Å²) in [5, 5.41) is 3.78. The van der Waals surface area contributed by atoms with Gasteiger partial charge < -0.3 is 5.32 Å². The van der Waals surface area contributed by atoms with Crippen molar-refractivity contribution >= 4 is 17.5 Å². The van der Waals surface area contributed by atoms with E-state index in [0.29, 0.717) is 0 Å². The molecule has 1 aliphatic heterocycles. The second-order valence-corrected chi connectivity index (χ2v) is 6.72. The Morgan fingerprint density at radius 2 is 1.91 bits per heavy atom. The summed E-state index contributed by atoms with van der Waals surface area (Å²) < 4.78 is 0. The third-order valence-electron chi connectivity index (χ3n) is 4.06. The molecule has 1 heterocycles. The van der Waals surface area contributed by atoms with Gasteiger partial charge in [0, 0.05) is 43.8 Å². The number of piperazine rings is 1. The van der Waals surface area contributed by atoms with Crippen molar-refractivity contribution in [1.29, 1.82) is 0 Å². The number of carbonyl (C=O) groups excluding carboxylic acids is 1. The van der Waals surface area contributed by atoms with Gasteiger partial charge >= 0.3 is 0 Å². The van der Waals surface area contributed by atoms with Gasteiger partial charge in [-0.05, 0) is 38.5 Å². The minimum Gasteiger partial charge on any atom is -0.353 e. The van der Waals surface area contributed by atoms with Crippen LogP contribution in [0.5, 0.6) is 0 Å². The first-order valence-electron chi connectivity index (χ1n) is 7.97. The third kappa shape index (κ3) is 4.97. The van der Waals surface area contributed by atoms with E-state index in [9.17, 15) is 4.79 Å². The maximum atomic E-state index is 12.1. The number of nitrogens with zero attached hydrogens (tertiary/aromatic N) is 2. The minimum absolute atomic E-state index is 0.0595. The molecule has 5 heteroatoms. The quantitative estimate of drug-likeness (QED) is 0.903. The van der Waals surface area contributed by atoms with Crippen molar-refractivity contribution in [3.63, 3.8) is 0 Å². The van der Waals surface area contributed by atoms with E-state index in [1.54, 1.807) is 0 Å². The number of benzene rings is 1. The lowest BCUT2D eigenvalue weighted by Gasteiger charge is -2.37. The van der Waals surface area contributed by atoms with Crippen LogP contribution < -0.4 is 5.32 Å². The zero-order valence-electron chi connectivity index (χ0n) is 13.7. The Kier molecular flexibility index (Phi) is 6.24. The van der Waals surface area contributed by atoms with E-state index in [4.69, 9.17) is 11.6 Å². The number of amides is 1. The molecule has 22 heavy (non-hydrogen) atoms. The van der Waals surface area contributed by atoms with E-state index in [-0.39, 0.29) is 18.0 Å². The molecule has 0 unspecified atom stereocenters. The summed E-state index contributed by atoms with van der Waals surface area (Å²) in [6.45, 7) is 10.7. The summed E-state index contributed by atoms with van der Waals surface area (Å²) >= 11 is 6.03. The van der Waals surface area contributed by atoms with Crippen LogP contribution in [0.25, 0.3) is 0 Å². The summed E-state index contributed by atoms with van der Waals surface area (Å²) in [5.74, 6) is 0.123. The van der Waals surface area contributed by atoms with Gasteiger partial charge in [0.15, 0.2) is 0 Å². The molecule has 0 saturated carbocycles. The highest BCUT2D eigenvalue weighted by Crippen LogP contribution is 2.14. The molecule has 0 aromatic heterocycles. The minimum atomic E-state index is -0.0595. The first kappa shape index (κ1) is 17.3. The first-order chi connectivity index (χ1) is 10.5. The van der Waals surface area contributed by atoms with Gasteiger partial charge in [-0.2, -0.15) is 0 Å². The van der Waals surface area contributed by atoms with Crippen molar-refractivity contribution in [3.8, 4) is 0 Å². The molecule has 0 bridgehead atoms. The third-order valence-corrected chi connectivity index (χ3v) is 4.30. The second kappa shape index (κ2) is 7.95. The van der Waals surface area contributed by atoms with Gasteiger partial charge in [-0.15, -0.1) is 0 Å². The number of nitrogens with one attached hydrogen (secondary N) is 1. The van der Waals surface area contributed by atoms with Crippen LogP contribution >= 0.6 is 11.6 Å². The van der Waals surface area contributed by atoms with Crippen LogP contribution in [0.2, 0.25) is 5.02 Å². The fraction of sp³-hybridized carbons (Fsp3) is 0.588. The number of hydrogen-bond acceptors (Lipinski definition) is 3. The molecule has 4 nitrogen and oxygen atoms in total. The average molecular weight is 324 g/mol. The van der Waals surface area contributed by atoms with Gasteiger partial charge in [0.2, 0.25) is 5.91 Å². The fourth-order valence-electron chi connectivity index (χ4n) is 2.77. The first-order valence-corrected chi connectivity index (χ1v) is 8.34. The Morgan fingerprint density at radius 3 is 2.50 bits per heavy atom. The topological polar surface area (TPSA) is 35.6 Å². The zero-order valence-corrected chi connectivity index (χ0v) is 14.4. The molecule has 0 spiro atoms. The Hall–Kier alpha value is -1.10. The standard InChI is InChI=1S/C17H26ClN3O/c1-13(2)19-17(22)14(3)21-9-7-20(8-10-21)12-15-5-4-6-16(18)11-15/h4-6,11,13-14H,7-10,12H2,1-3H3,(H,19,22)/t14-/m0/s1. The Morgan fingerprint density at radius 1 is 1.23 bits per heavy atom. The summed E-state index contributed by atoms with van der Waals surface area (Å²) in [7, 11) is 0. The molecule has 122 valence electrons. The van der Waals surface area contributed by atoms with Crippen molar-refractivity contribution in [1.82, 2.24) is 15.1 Å². The predicted octanol–water partition coefficient (Wildman–Crippen LogP) is 2.37. The van der Waals surface area contributed by atoms with Crippen LogP contribution in [0.1, 0.15) is 26.3 Å². The molecular weight excluding hydrogens is 298 g/mol. The maximum absolute atomic E-state index is 12.1. The van der Waals surface area contributed by atoms with Crippen molar-refractivity contribution in [2.75, 3.05) is 26.2 Å². The largest absolute Gasteiger partial charge is 0.353 e. The molecule has 2 rings (SSSR count). The highest BCUT2D eigenvalue weighted by Gasteiger charge is 2.25. The molecule has 0 radical (unpaired) electrons. The van der Waals surface area contributed by atoms with Gasteiger partial charge in [-0.3, -0.25) is 14.6 Å². The van der Waals surface area contributed by atoms with Crippen LogP contribution in [0.4, 0.5) is 0 Å². The maximum Gasteiger partial charge on any atom is 0.237 e. The van der Waals surface area contributed by atoms with Crippen molar-refractivity contribution in [3.05, 3.63) is 34.9 Å². The van der Waals surface area contributed by atoms with Crippen LogP contribution in [0.3, 0.4) is 0 Å². The van der Waals surface area contributed by atoms with E-state index in [1.807, 2.05) is 39.0 Å². The van der Waals surface area contributed by atoms with Gasteiger partial charge in [-0.1, -0.05) is 23.7 Å². The van der Waals surface area contributed by atoms with Crippen LogP contribution in [-0.4, -0.2) is 54.0 Å². The van der Waals surface area contributed by atoms with E-state index >= 15 is 0 Å². The Labute approximate surface area is 138 Å².